The van der Waals surface area contributed by atoms with Gasteiger partial charge in [0.25, 0.3) is 0 Å². The molecule has 0 bridgehead atoms. The van der Waals surface area contributed by atoms with Crippen LogP contribution in [0.25, 0.3) is 58.4 Å². The van der Waals surface area contributed by atoms with Crippen LogP contribution in [0, 0.1) is 0 Å². The van der Waals surface area contributed by atoms with E-state index in [9.17, 15) is 0 Å². The second kappa shape index (κ2) is 8.69. The van der Waals surface area contributed by atoms with Crippen molar-refractivity contribution in [3.63, 3.8) is 0 Å². The molecule has 7 aromatic carbocycles. The van der Waals surface area contributed by atoms with Crippen molar-refractivity contribution in [1.82, 2.24) is 4.57 Å². The van der Waals surface area contributed by atoms with Crippen LogP contribution < -0.4 is 4.90 Å². The number of hydrogen-bond acceptors (Lipinski definition) is 2. The minimum atomic E-state index is 1.14. The Hall–Kier alpha value is -5.12. The summed E-state index contributed by atoms with van der Waals surface area (Å²) in [6.45, 7) is 0. The Morgan fingerprint density at radius 3 is 1.83 bits per heavy atom. The number of rotatable bonds is 4. The van der Waals surface area contributed by atoms with Gasteiger partial charge in [0.05, 0.1) is 11.0 Å². The van der Waals surface area contributed by atoms with Crippen LogP contribution in [0.5, 0.6) is 0 Å². The minimum Gasteiger partial charge on any atom is -0.310 e. The number of nitrogens with zero attached hydrogens (tertiary/aromatic N) is 2. The van der Waals surface area contributed by atoms with Crippen LogP contribution >= 0.6 is 11.3 Å². The molecule has 0 atom stereocenters. The highest BCUT2D eigenvalue weighted by molar-refractivity contribution is 7.26. The van der Waals surface area contributed by atoms with E-state index in [1.54, 1.807) is 0 Å². The van der Waals surface area contributed by atoms with Crippen molar-refractivity contribution in [3.8, 4) is 5.69 Å². The second-order valence-corrected chi connectivity index (χ2v) is 11.7. The van der Waals surface area contributed by atoms with E-state index in [1.807, 2.05) is 11.3 Å². The summed E-state index contributed by atoms with van der Waals surface area (Å²) in [5.41, 5.74) is 7.08. The van der Waals surface area contributed by atoms with Crippen LogP contribution in [0.3, 0.4) is 0 Å². The minimum absolute atomic E-state index is 1.14. The fourth-order valence-corrected chi connectivity index (χ4v) is 7.78. The number of para-hydroxylation sites is 3. The van der Waals surface area contributed by atoms with Crippen LogP contribution in [0.2, 0.25) is 0 Å². The van der Waals surface area contributed by atoms with Gasteiger partial charge in [0.1, 0.15) is 0 Å². The van der Waals surface area contributed by atoms with E-state index in [0.717, 1.165) is 17.1 Å². The Balaban J connectivity index is 1.44. The molecule has 0 aliphatic heterocycles. The lowest BCUT2D eigenvalue weighted by atomic mass is 9.99. The third kappa shape index (κ3) is 3.30. The summed E-state index contributed by atoms with van der Waals surface area (Å²) in [4.78, 5) is 2.36. The summed E-state index contributed by atoms with van der Waals surface area (Å²) in [7, 11) is 0. The molecule has 0 saturated carbocycles. The summed E-state index contributed by atoms with van der Waals surface area (Å²) >= 11 is 1.90. The molecule has 0 fully saturated rings. The quantitative estimate of drug-likeness (QED) is 0.202. The standard InChI is InChI=1S/C38H24N2S/c1-4-12-26(13-5-1)39(27-14-6-2-7-15-27)29-22-25-20-21-31-37-34(24-32-30-18-10-11-19-35(30)41-38(31)32)40(33(23-29)36(25)37)28-16-8-3-9-17-28/h1-24H. The molecule has 0 amide bonds. The first kappa shape index (κ1) is 22.7. The highest BCUT2D eigenvalue weighted by Gasteiger charge is 2.23. The molecule has 2 nitrogen and oxygen atoms in total. The zero-order valence-electron chi connectivity index (χ0n) is 22.2. The van der Waals surface area contributed by atoms with Gasteiger partial charge in [-0.05, 0) is 66.0 Å². The van der Waals surface area contributed by atoms with Crippen molar-refractivity contribution in [2.24, 2.45) is 0 Å². The Bertz CT molecular complexity index is 2310. The molecule has 0 N–H and O–H groups in total. The predicted molar refractivity (Wildman–Crippen MR) is 177 cm³/mol. The van der Waals surface area contributed by atoms with Crippen molar-refractivity contribution < 1.29 is 0 Å². The summed E-state index contributed by atoms with van der Waals surface area (Å²) in [6, 6.07) is 52.7. The third-order valence-electron chi connectivity index (χ3n) is 8.28. The average molecular weight is 541 g/mol. The fraction of sp³-hybridized carbons (Fsp3) is 0. The van der Waals surface area contributed by atoms with Crippen LogP contribution in [0.4, 0.5) is 17.1 Å². The SMILES string of the molecule is c1ccc(N(c2ccccc2)c2cc3ccc4c5sc6ccccc6c5cc5c4c3c(c2)n5-c2ccccc2)cc1. The van der Waals surface area contributed by atoms with Crippen molar-refractivity contribution in [3.05, 3.63) is 146 Å². The van der Waals surface area contributed by atoms with Crippen LogP contribution in [-0.2, 0) is 0 Å². The lowest BCUT2D eigenvalue weighted by molar-refractivity contribution is 1.18. The average Bonchev–Trinajstić information content (AvgIpc) is 3.57. The van der Waals surface area contributed by atoms with Gasteiger partial charge in [-0.3, -0.25) is 0 Å². The number of benzene rings is 7. The first-order chi connectivity index (χ1) is 20.3. The zero-order chi connectivity index (χ0) is 26.9. The zero-order valence-corrected chi connectivity index (χ0v) is 23.0. The number of fused-ring (bicyclic) bond motifs is 4. The van der Waals surface area contributed by atoms with Crippen LogP contribution in [0.15, 0.2) is 146 Å². The molecule has 9 rings (SSSR count). The molecule has 0 radical (unpaired) electrons. The molecule has 41 heavy (non-hydrogen) atoms. The van der Waals surface area contributed by atoms with Gasteiger partial charge >= 0.3 is 0 Å². The Morgan fingerprint density at radius 1 is 0.463 bits per heavy atom. The van der Waals surface area contributed by atoms with Crippen LogP contribution in [-0.4, -0.2) is 4.57 Å². The van der Waals surface area contributed by atoms with Gasteiger partial charge < -0.3 is 9.47 Å². The molecule has 0 aliphatic carbocycles. The van der Waals surface area contributed by atoms with E-state index < -0.39 is 0 Å². The molecule has 3 heteroatoms. The van der Waals surface area contributed by atoms with Crippen molar-refractivity contribution in [2.45, 2.75) is 0 Å². The molecule has 9 aromatic rings. The monoisotopic (exact) mass is 540 g/mol. The van der Waals surface area contributed by atoms with Crippen LogP contribution in [0.1, 0.15) is 0 Å². The molecule has 2 aromatic heterocycles. The van der Waals surface area contributed by atoms with Crippen molar-refractivity contribution >= 4 is 81.1 Å². The molecule has 192 valence electrons. The van der Waals surface area contributed by atoms with Gasteiger partial charge in [0.15, 0.2) is 0 Å². The highest BCUT2D eigenvalue weighted by atomic mass is 32.1. The fourth-order valence-electron chi connectivity index (χ4n) is 6.57. The predicted octanol–water partition coefficient (Wildman–Crippen LogP) is 11.2. The lowest BCUT2D eigenvalue weighted by Crippen LogP contribution is -2.10. The largest absolute Gasteiger partial charge is 0.310 e. The van der Waals surface area contributed by atoms with Gasteiger partial charge in [-0.25, -0.2) is 0 Å². The smallest absolute Gasteiger partial charge is 0.0568 e. The molecule has 0 aliphatic rings. The lowest BCUT2D eigenvalue weighted by Gasteiger charge is -2.26. The maximum absolute atomic E-state index is 2.47. The first-order valence-electron chi connectivity index (χ1n) is 14.0. The van der Waals surface area contributed by atoms with Crippen molar-refractivity contribution in [1.29, 1.82) is 0 Å². The maximum Gasteiger partial charge on any atom is 0.0568 e. The molecular weight excluding hydrogens is 516 g/mol. The van der Waals surface area contributed by atoms with Gasteiger partial charge in [-0.15, -0.1) is 11.3 Å². The Kier molecular flexibility index (Phi) is 4.80. The Labute approximate surface area is 241 Å². The number of hydrogen-bond donors (Lipinski definition) is 0. The third-order valence-corrected chi connectivity index (χ3v) is 9.50. The van der Waals surface area contributed by atoms with E-state index in [2.05, 4.69) is 155 Å². The summed E-state index contributed by atoms with van der Waals surface area (Å²) in [6.07, 6.45) is 0. The van der Waals surface area contributed by atoms with Gasteiger partial charge in [-0.2, -0.15) is 0 Å². The molecule has 2 heterocycles. The summed E-state index contributed by atoms with van der Waals surface area (Å²) in [5.74, 6) is 0. The topological polar surface area (TPSA) is 8.17 Å². The van der Waals surface area contributed by atoms with E-state index in [0.29, 0.717) is 0 Å². The van der Waals surface area contributed by atoms with Crippen molar-refractivity contribution in [2.75, 3.05) is 4.90 Å². The number of anilines is 3. The maximum atomic E-state index is 2.47. The van der Waals surface area contributed by atoms with E-state index in [-0.39, 0.29) is 0 Å². The van der Waals surface area contributed by atoms with E-state index >= 15 is 0 Å². The van der Waals surface area contributed by atoms with Gasteiger partial charge in [-0.1, -0.05) is 84.9 Å². The highest BCUT2D eigenvalue weighted by Crippen LogP contribution is 2.48. The van der Waals surface area contributed by atoms with E-state index in [4.69, 9.17) is 0 Å². The molecule has 0 saturated heterocycles. The number of thiophene rings is 1. The normalized spacial score (nSPS) is 11.9. The molecular formula is C38H24N2S. The van der Waals surface area contributed by atoms with Gasteiger partial charge in [0.2, 0.25) is 0 Å². The first-order valence-corrected chi connectivity index (χ1v) is 14.8. The Morgan fingerprint density at radius 2 is 1.10 bits per heavy atom. The summed E-state index contributed by atoms with van der Waals surface area (Å²) < 4.78 is 5.17. The second-order valence-electron chi connectivity index (χ2n) is 10.6. The summed E-state index contributed by atoms with van der Waals surface area (Å²) in [5, 5.41) is 7.92. The van der Waals surface area contributed by atoms with Gasteiger partial charge in [0, 0.05) is 59.1 Å². The molecule has 0 unspecified atom stereocenters. The van der Waals surface area contributed by atoms with E-state index in [1.165, 1.54) is 58.4 Å². The number of aromatic nitrogens is 1. The molecule has 0 spiro atoms.